The number of halogens is 1. The molecule has 0 bridgehead atoms. The predicted octanol–water partition coefficient (Wildman–Crippen LogP) is 1.92. The van der Waals surface area contributed by atoms with E-state index in [2.05, 4.69) is 0 Å². The molecule has 3 heteroatoms. The van der Waals surface area contributed by atoms with E-state index in [1.54, 1.807) is 0 Å². The Bertz CT molecular complexity index is 262. The first-order chi connectivity index (χ1) is 5.38. The molecule has 0 saturated heterocycles. The maximum atomic E-state index is 9.48. The minimum absolute atomic E-state index is 0. The first-order valence-corrected chi connectivity index (χ1v) is 3.78. The number of hydrogen-bond donors (Lipinski definition) is 1. The maximum absolute atomic E-state index is 9.48. The highest BCUT2D eigenvalue weighted by Gasteiger charge is 2.17. The van der Waals surface area contributed by atoms with Crippen molar-refractivity contribution in [2.45, 2.75) is 12.5 Å². The molecule has 0 spiro atoms. The van der Waals surface area contributed by atoms with Crippen molar-refractivity contribution in [1.82, 2.24) is 0 Å². The average molecular weight is 187 g/mol. The summed E-state index contributed by atoms with van der Waals surface area (Å²) in [7, 11) is 0. The Hall–Kier alpha value is -0.730. The zero-order valence-corrected chi connectivity index (χ0v) is 7.38. The van der Waals surface area contributed by atoms with E-state index in [1.165, 1.54) is 0 Å². The molecule has 2 rings (SSSR count). The number of aliphatic hydroxyl groups is 1. The molecule has 1 aromatic rings. The SMILES string of the molecule is Cl.OC1CCOc2ccccc21. The molecule has 0 aromatic heterocycles. The number of para-hydroxylation sites is 1. The van der Waals surface area contributed by atoms with Crippen molar-refractivity contribution < 1.29 is 9.84 Å². The Kier molecular flexibility index (Phi) is 2.95. The number of fused-ring (bicyclic) bond motifs is 1. The van der Waals surface area contributed by atoms with E-state index >= 15 is 0 Å². The fourth-order valence-electron chi connectivity index (χ4n) is 1.32. The largest absolute Gasteiger partial charge is 0.493 e. The molecule has 2 nitrogen and oxygen atoms in total. The summed E-state index contributed by atoms with van der Waals surface area (Å²) in [6, 6.07) is 7.62. The van der Waals surface area contributed by atoms with Crippen LogP contribution < -0.4 is 4.74 Å². The summed E-state index contributed by atoms with van der Waals surface area (Å²) >= 11 is 0. The number of hydrogen-bond acceptors (Lipinski definition) is 2. The summed E-state index contributed by atoms with van der Waals surface area (Å²) in [5.74, 6) is 0.825. The van der Waals surface area contributed by atoms with Crippen LogP contribution in [-0.2, 0) is 0 Å². The van der Waals surface area contributed by atoms with Gasteiger partial charge in [-0.2, -0.15) is 0 Å². The number of aliphatic hydroxyl groups excluding tert-OH is 1. The second-order valence-electron chi connectivity index (χ2n) is 2.69. The van der Waals surface area contributed by atoms with Crippen molar-refractivity contribution in [2.75, 3.05) is 6.61 Å². The van der Waals surface area contributed by atoms with E-state index in [9.17, 15) is 5.11 Å². The van der Waals surface area contributed by atoms with Crippen LogP contribution in [0.5, 0.6) is 5.75 Å². The molecule has 1 aliphatic rings. The highest BCUT2D eigenvalue weighted by Crippen LogP contribution is 2.30. The van der Waals surface area contributed by atoms with Crippen LogP contribution in [-0.4, -0.2) is 11.7 Å². The third-order valence-electron chi connectivity index (χ3n) is 1.93. The first-order valence-electron chi connectivity index (χ1n) is 3.78. The van der Waals surface area contributed by atoms with Crippen molar-refractivity contribution in [1.29, 1.82) is 0 Å². The second-order valence-corrected chi connectivity index (χ2v) is 2.69. The third kappa shape index (κ3) is 1.54. The molecule has 1 atom stereocenters. The molecule has 0 fully saturated rings. The lowest BCUT2D eigenvalue weighted by Gasteiger charge is -2.21. The second kappa shape index (κ2) is 3.78. The summed E-state index contributed by atoms with van der Waals surface area (Å²) in [6.07, 6.45) is 0.372. The Morgan fingerprint density at radius 1 is 1.33 bits per heavy atom. The van der Waals surface area contributed by atoms with Gasteiger partial charge in [-0.05, 0) is 6.07 Å². The van der Waals surface area contributed by atoms with Crippen molar-refractivity contribution >= 4 is 12.4 Å². The lowest BCUT2D eigenvalue weighted by Crippen LogP contribution is -2.13. The van der Waals surface area contributed by atoms with E-state index in [0.717, 1.165) is 11.3 Å². The molecular formula is C9H11ClO2. The first kappa shape index (κ1) is 9.36. The predicted molar refractivity (Wildman–Crippen MR) is 48.8 cm³/mol. The third-order valence-corrected chi connectivity index (χ3v) is 1.93. The van der Waals surface area contributed by atoms with Gasteiger partial charge in [0, 0.05) is 12.0 Å². The van der Waals surface area contributed by atoms with Gasteiger partial charge in [-0.15, -0.1) is 12.4 Å². The van der Waals surface area contributed by atoms with Gasteiger partial charge in [-0.3, -0.25) is 0 Å². The van der Waals surface area contributed by atoms with Crippen LogP contribution in [0.2, 0.25) is 0 Å². The van der Waals surface area contributed by atoms with Crippen LogP contribution in [0.1, 0.15) is 18.1 Å². The zero-order valence-electron chi connectivity index (χ0n) is 6.56. The van der Waals surface area contributed by atoms with Crippen LogP contribution >= 0.6 is 12.4 Å². The molecule has 66 valence electrons. The fourth-order valence-corrected chi connectivity index (χ4v) is 1.32. The van der Waals surface area contributed by atoms with Gasteiger partial charge in [0.05, 0.1) is 12.7 Å². The Balaban J connectivity index is 0.000000720. The van der Waals surface area contributed by atoms with Crippen molar-refractivity contribution in [3.63, 3.8) is 0 Å². The van der Waals surface area contributed by atoms with Gasteiger partial charge in [0.15, 0.2) is 0 Å². The molecule has 0 amide bonds. The van der Waals surface area contributed by atoms with E-state index in [4.69, 9.17) is 4.74 Å². The molecule has 1 aliphatic heterocycles. The number of benzene rings is 1. The summed E-state index contributed by atoms with van der Waals surface area (Å²) in [5.41, 5.74) is 0.916. The summed E-state index contributed by atoms with van der Waals surface area (Å²) in [5, 5.41) is 9.48. The Morgan fingerprint density at radius 2 is 2.08 bits per heavy atom. The highest BCUT2D eigenvalue weighted by atomic mass is 35.5. The Morgan fingerprint density at radius 3 is 2.83 bits per heavy atom. The molecule has 1 heterocycles. The average Bonchev–Trinajstić information content (AvgIpc) is 2.06. The standard InChI is InChI=1S/C9H10O2.ClH/c10-8-5-6-11-9-4-2-1-3-7(8)9;/h1-4,8,10H,5-6H2;1H. The minimum Gasteiger partial charge on any atom is -0.493 e. The summed E-state index contributed by atoms with van der Waals surface area (Å²) in [4.78, 5) is 0. The monoisotopic (exact) mass is 186 g/mol. The summed E-state index contributed by atoms with van der Waals surface area (Å²) < 4.78 is 5.33. The van der Waals surface area contributed by atoms with E-state index in [1.807, 2.05) is 24.3 Å². The van der Waals surface area contributed by atoms with Crippen LogP contribution in [0.15, 0.2) is 24.3 Å². The van der Waals surface area contributed by atoms with Crippen molar-refractivity contribution in [3.05, 3.63) is 29.8 Å². The van der Waals surface area contributed by atoms with Gasteiger partial charge in [0.2, 0.25) is 0 Å². The topological polar surface area (TPSA) is 29.5 Å². The van der Waals surface area contributed by atoms with Gasteiger partial charge >= 0.3 is 0 Å². The van der Waals surface area contributed by atoms with E-state index in [0.29, 0.717) is 13.0 Å². The number of rotatable bonds is 0. The molecule has 1 unspecified atom stereocenters. The van der Waals surface area contributed by atoms with Gasteiger partial charge in [0.25, 0.3) is 0 Å². The van der Waals surface area contributed by atoms with Crippen LogP contribution in [0, 0.1) is 0 Å². The summed E-state index contributed by atoms with van der Waals surface area (Å²) in [6.45, 7) is 0.623. The van der Waals surface area contributed by atoms with Gasteiger partial charge in [-0.1, -0.05) is 18.2 Å². The van der Waals surface area contributed by atoms with Crippen molar-refractivity contribution in [2.24, 2.45) is 0 Å². The highest BCUT2D eigenvalue weighted by molar-refractivity contribution is 5.85. The van der Waals surface area contributed by atoms with Crippen molar-refractivity contribution in [3.8, 4) is 5.75 Å². The lowest BCUT2D eigenvalue weighted by atomic mass is 10.0. The van der Waals surface area contributed by atoms with Crippen LogP contribution in [0.4, 0.5) is 0 Å². The molecular weight excluding hydrogens is 176 g/mol. The maximum Gasteiger partial charge on any atom is 0.125 e. The zero-order chi connectivity index (χ0) is 7.68. The number of ether oxygens (including phenoxy) is 1. The minimum atomic E-state index is -0.333. The van der Waals surface area contributed by atoms with E-state index in [-0.39, 0.29) is 18.5 Å². The van der Waals surface area contributed by atoms with Gasteiger partial charge in [0.1, 0.15) is 5.75 Å². The quantitative estimate of drug-likeness (QED) is 0.671. The van der Waals surface area contributed by atoms with E-state index < -0.39 is 0 Å². The molecule has 1 N–H and O–H groups in total. The van der Waals surface area contributed by atoms with Crippen LogP contribution in [0.25, 0.3) is 0 Å². The van der Waals surface area contributed by atoms with Gasteiger partial charge in [-0.25, -0.2) is 0 Å². The fraction of sp³-hybridized carbons (Fsp3) is 0.333. The molecule has 12 heavy (non-hydrogen) atoms. The molecule has 0 aliphatic carbocycles. The molecule has 0 saturated carbocycles. The van der Waals surface area contributed by atoms with Gasteiger partial charge < -0.3 is 9.84 Å². The smallest absolute Gasteiger partial charge is 0.125 e. The van der Waals surface area contributed by atoms with Crippen LogP contribution in [0.3, 0.4) is 0 Å². The Labute approximate surface area is 77.6 Å². The normalized spacial score (nSPS) is 20.2. The molecule has 0 radical (unpaired) electrons. The molecule has 1 aromatic carbocycles. The lowest BCUT2D eigenvalue weighted by molar-refractivity contribution is 0.115.